The van der Waals surface area contributed by atoms with E-state index in [9.17, 15) is 4.79 Å². The van der Waals surface area contributed by atoms with Crippen molar-refractivity contribution < 1.29 is 23.7 Å². The molecule has 7 nitrogen and oxygen atoms in total. The van der Waals surface area contributed by atoms with Gasteiger partial charge in [0.1, 0.15) is 12.4 Å². The van der Waals surface area contributed by atoms with Gasteiger partial charge >= 0.3 is 0 Å². The minimum absolute atomic E-state index is 0.142. The highest BCUT2D eigenvalue weighted by Crippen LogP contribution is 2.35. The third-order valence-corrected chi connectivity index (χ3v) is 5.52. The molecule has 1 fully saturated rings. The number of nitrogens with one attached hydrogen (secondary N) is 1. The zero-order valence-corrected chi connectivity index (χ0v) is 17.3. The maximum Gasteiger partial charge on any atom is 0.255 e. The lowest BCUT2D eigenvalue weighted by atomic mass is 10.1. The van der Waals surface area contributed by atoms with Crippen molar-refractivity contribution in [3.63, 3.8) is 0 Å². The Hall–Kier alpha value is -2.77. The number of benzene rings is 2. The summed E-state index contributed by atoms with van der Waals surface area (Å²) < 4.78 is 22.1. The minimum atomic E-state index is -0.193. The van der Waals surface area contributed by atoms with Crippen LogP contribution in [0.3, 0.4) is 0 Å². The van der Waals surface area contributed by atoms with E-state index in [1.54, 1.807) is 18.2 Å². The van der Waals surface area contributed by atoms with Gasteiger partial charge in [0.05, 0.1) is 5.56 Å². The molecule has 0 aliphatic carbocycles. The standard InChI is InChI=1S/C23H28N2O5/c1-25(18-8-11-27-12-9-18)10-13-28-19-5-2-4-17(14-19)15-24-23(26)20-6-3-7-21-22(20)30-16-29-21/h2-7,14,18H,8-13,15-16H2,1H3,(H,24,26). The molecule has 0 radical (unpaired) electrons. The molecule has 0 bridgehead atoms. The summed E-state index contributed by atoms with van der Waals surface area (Å²) >= 11 is 0. The van der Waals surface area contributed by atoms with Gasteiger partial charge in [0.15, 0.2) is 11.5 Å². The second-order valence-electron chi connectivity index (χ2n) is 7.54. The van der Waals surface area contributed by atoms with Crippen molar-refractivity contribution >= 4 is 5.91 Å². The van der Waals surface area contributed by atoms with Gasteiger partial charge in [-0.3, -0.25) is 9.69 Å². The molecular formula is C23H28N2O5. The number of fused-ring (bicyclic) bond motifs is 1. The summed E-state index contributed by atoms with van der Waals surface area (Å²) in [4.78, 5) is 14.9. The molecule has 2 aromatic rings. The lowest BCUT2D eigenvalue weighted by Gasteiger charge is -2.31. The van der Waals surface area contributed by atoms with Gasteiger partial charge in [-0.2, -0.15) is 0 Å². The third kappa shape index (κ3) is 5.04. The summed E-state index contributed by atoms with van der Waals surface area (Å²) in [5.41, 5.74) is 1.46. The van der Waals surface area contributed by atoms with E-state index in [0.29, 0.717) is 36.3 Å². The van der Waals surface area contributed by atoms with E-state index in [1.807, 2.05) is 24.3 Å². The third-order valence-electron chi connectivity index (χ3n) is 5.52. The highest BCUT2D eigenvalue weighted by Gasteiger charge is 2.21. The summed E-state index contributed by atoms with van der Waals surface area (Å²) in [6.07, 6.45) is 2.15. The first kappa shape index (κ1) is 20.5. The van der Waals surface area contributed by atoms with Crippen LogP contribution in [0.5, 0.6) is 17.2 Å². The molecular weight excluding hydrogens is 384 g/mol. The summed E-state index contributed by atoms with van der Waals surface area (Å²) in [7, 11) is 2.14. The Morgan fingerprint density at radius 1 is 1.17 bits per heavy atom. The van der Waals surface area contributed by atoms with E-state index in [0.717, 1.165) is 43.9 Å². The van der Waals surface area contributed by atoms with Crippen LogP contribution in [-0.2, 0) is 11.3 Å². The van der Waals surface area contributed by atoms with Gasteiger partial charge in [0.25, 0.3) is 5.91 Å². The fourth-order valence-corrected chi connectivity index (χ4v) is 3.75. The number of carbonyl (C=O) groups is 1. The molecule has 1 amide bonds. The topological polar surface area (TPSA) is 69.3 Å². The number of amides is 1. The van der Waals surface area contributed by atoms with Crippen LogP contribution in [0.25, 0.3) is 0 Å². The first-order valence-corrected chi connectivity index (χ1v) is 10.4. The largest absolute Gasteiger partial charge is 0.492 e. The summed E-state index contributed by atoms with van der Waals surface area (Å²) in [5.74, 6) is 1.71. The van der Waals surface area contributed by atoms with E-state index in [4.69, 9.17) is 18.9 Å². The smallest absolute Gasteiger partial charge is 0.255 e. The average Bonchev–Trinajstić information content (AvgIpc) is 3.27. The fraction of sp³-hybridized carbons (Fsp3) is 0.435. The Balaban J connectivity index is 1.26. The molecule has 0 spiro atoms. The van der Waals surface area contributed by atoms with Crippen molar-refractivity contribution in [1.29, 1.82) is 0 Å². The zero-order chi connectivity index (χ0) is 20.8. The van der Waals surface area contributed by atoms with Crippen LogP contribution in [0.15, 0.2) is 42.5 Å². The molecule has 2 aromatic carbocycles. The van der Waals surface area contributed by atoms with E-state index in [1.165, 1.54) is 0 Å². The van der Waals surface area contributed by atoms with Gasteiger partial charge in [-0.25, -0.2) is 0 Å². The summed E-state index contributed by atoms with van der Waals surface area (Å²) in [6, 6.07) is 13.7. The summed E-state index contributed by atoms with van der Waals surface area (Å²) in [5, 5.41) is 2.94. The summed E-state index contributed by atoms with van der Waals surface area (Å²) in [6.45, 7) is 3.72. The number of carbonyl (C=O) groups excluding carboxylic acids is 1. The van der Waals surface area contributed by atoms with Crippen molar-refractivity contribution in [1.82, 2.24) is 10.2 Å². The number of hydrogen-bond donors (Lipinski definition) is 1. The molecule has 2 aliphatic rings. The van der Waals surface area contributed by atoms with Crippen LogP contribution in [0, 0.1) is 0 Å². The van der Waals surface area contributed by atoms with Gasteiger partial charge in [-0.05, 0) is 49.7 Å². The predicted octanol–water partition coefficient (Wildman–Crippen LogP) is 2.83. The molecule has 4 rings (SSSR count). The number of para-hydroxylation sites is 1. The van der Waals surface area contributed by atoms with Gasteiger partial charge in [0.2, 0.25) is 6.79 Å². The SMILES string of the molecule is CN(CCOc1cccc(CNC(=O)c2cccc3c2OCO3)c1)C1CCOCC1. The predicted molar refractivity (Wildman–Crippen MR) is 112 cm³/mol. The molecule has 30 heavy (non-hydrogen) atoms. The Kier molecular flexibility index (Phi) is 6.71. The second kappa shape index (κ2) is 9.82. The van der Waals surface area contributed by atoms with Crippen LogP contribution in [-0.4, -0.2) is 57.1 Å². The highest BCUT2D eigenvalue weighted by molar-refractivity contribution is 5.97. The quantitative estimate of drug-likeness (QED) is 0.719. The molecule has 1 N–H and O–H groups in total. The molecule has 7 heteroatoms. The highest BCUT2D eigenvalue weighted by atomic mass is 16.7. The minimum Gasteiger partial charge on any atom is -0.492 e. The lowest BCUT2D eigenvalue weighted by molar-refractivity contribution is 0.0392. The molecule has 2 heterocycles. The second-order valence-corrected chi connectivity index (χ2v) is 7.54. The van der Waals surface area contributed by atoms with Gasteiger partial charge in [-0.15, -0.1) is 0 Å². The maximum absolute atomic E-state index is 12.6. The van der Waals surface area contributed by atoms with Crippen LogP contribution in [0.4, 0.5) is 0 Å². The number of rotatable bonds is 8. The molecule has 1 saturated heterocycles. The normalized spacial score (nSPS) is 15.9. The molecule has 0 aromatic heterocycles. The van der Waals surface area contributed by atoms with Crippen LogP contribution >= 0.6 is 0 Å². The van der Waals surface area contributed by atoms with E-state index in [2.05, 4.69) is 17.3 Å². The lowest BCUT2D eigenvalue weighted by Crippen LogP contribution is -2.38. The van der Waals surface area contributed by atoms with E-state index < -0.39 is 0 Å². The van der Waals surface area contributed by atoms with E-state index in [-0.39, 0.29) is 12.7 Å². The maximum atomic E-state index is 12.6. The molecule has 0 unspecified atom stereocenters. The van der Waals surface area contributed by atoms with Gasteiger partial charge in [0, 0.05) is 32.3 Å². The number of hydrogen-bond acceptors (Lipinski definition) is 6. The first-order chi connectivity index (χ1) is 14.7. The zero-order valence-electron chi connectivity index (χ0n) is 17.3. The van der Waals surface area contributed by atoms with Crippen molar-refractivity contribution in [2.24, 2.45) is 0 Å². The van der Waals surface area contributed by atoms with Crippen LogP contribution in [0.2, 0.25) is 0 Å². The van der Waals surface area contributed by atoms with Gasteiger partial charge < -0.3 is 24.3 Å². The molecule has 0 saturated carbocycles. The van der Waals surface area contributed by atoms with Gasteiger partial charge in [-0.1, -0.05) is 18.2 Å². The number of ether oxygens (including phenoxy) is 4. The van der Waals surface area contributed by atoms with E-state index >= 15 is 0 Å². The Morgan fingerprint density at radius 3 is 2.87 bits per heavy atom. The van der Waals surface area contributed by atoms with Crippen LogP contribution < -0.4 is 19.5 Å². The van der Waals surface area contributed by atoms with Crippen molar-refractivity contribution in [3.05, 3.63) is 53.6 Å². The molecule has 2 aliphatic heterocycles. The van der Waals surface area contributed by atoms with Crippen molar-refractivity contribution in [3.8, 4) is 17.2 Å². The Labute approximate surface area is 176 Å². The monoisotopic (exact) mass is 412 g/mol. The van der Waals surface area contributed by atoms with Crippen LogP contribution in [0.1, 0.15) is 28.8 Å². The molecule has 160 valence electrons. The van der Waals surface area contributed by atoms with Crippen molar-refractivity contribution in [2.75, 3.05) is 40.2 Å². The Morgan fingerprint density at radius 2 is 2.00 bits per heavy atom. The molecule has 0 atom stereocenters. The number of likely N-dealkylation sites (N-methyl/N-ethyl adjacent to an activating group) is 1. The fourth-order valence-electron chi connectivity index (χ4n) is 3.75. The average molecular weight is 412 g/mol. The number of nitrogens with zero attached hydrogens (tertiary/aromatic N) is 1. The first-order valence-electron chi connectivity index (χ1n) is 10.4. The Bertz CT molecular complexity index is 866. The van der Waals surface area contributed by atoms with Crippen molar-refractivity contribution in [2.45, 2.75) is 25.4 Å².